The number of esters is 4. The summed E-state index contributed by atoms with van der Waals surface area (Å²) in [5, 5.41) is 0. The van der Waals surface area contributed by atoms with Gasteiger partial charge in [-0.3, -0.25) is 19.2 Å². The molecule has 9 nitrogen and oxygen atoms in total. The lowest BCUT2D eigenvalue weighted by Crippen LogP contribution is -2.37. The Morgan fingerprint density at radius 1 is 0.203 bits per heavy atom. The monoisotopic (exact) mass is 1120 g/mol. The fourth-order valence-electron chi connectivity index (χ4n) is 10.7. The third-order valence-corrected chi connectivity index (χ3v) is 16.0. The van der Waals surface area contributed by atoms with Gasteiger partial charge in [-0.2, -0.15) is 0 Å². The maximum Gasteiger partial charge on any atom is 0.305 e. The topological polar surface area (TPSA) is 114 Å². The van der Waals surface area contributed by atoms with Gasteiger partial charge in [0, 0.05) is 25.7 Å². The lowest BCUT2D eigenvalue weighted by molar-refractivity contribution is -0.170. The van der Waals surface area contributed by atoms with Crippen LogP contribution in [0.5, 0.6) is 0 Å². The Balaban J connectivity index is 5.30. The van der Waals surface area contributed by atoms with Crippen molar-refractivity contribution in [3.63, 3.8) is 0 Å². The van der Waals surface area contributed by atoms with Crippen LogP contribution in [0.25, 0.3) is 0 Å². The predicted octanol–water partition coefficient (Wildman–Crippen LogP) is 21.8. The summed E-state index contributed by atoms with van der Waals surface area (Å²) in [6.07, 6.45) is 63.7. The van der Waals surface area contributed by atoms with Gasteiger partial charge in [0.2, 0.25) is 0 Å². The molecule has 468 valence electrons. The maximum absolute atomic E-state index is 13.1. The highest BCUT2D eigenvalue weighted by Gasteiger charge is 2.24. The minimum absolute atomic E-state index is 0.112. The molecule has 9 heteroatoms. The zero-order valence-electron chi connectivity index (χ0n) is 53.3. The molecule has 0 heterocycles. The number of hydrogen-bond acceptors (Lipinski definition) is 9. The average molecular weight is 1120 g/mol. The second kappa shape index (κ2) is 65.0. The van der Waals surface area contributed by atoms with Gasteiger partial charge in [-0.25, -0.2) is 0 Å². The molecule has 0 aliphatic rings. The summed E-state index contributed by atoms with van der Waals surface area (Å²) < 4.78 is 29.5. The van der Waals surface area contributed by atoms with E-state index in [1.807, 2.05) is 0 Å². The van der Waals surface area contributed by atoms with Crippen LogP contribution in [-0.2, 0) is 42.9 Å². The Kier molecular flexibility index (Phi) is 63.2. The number of rotatable bonds is 66. The van der Waals surface area contributed by atoms with Crippen molar-refractivity contribution in [3.05, 3.63) is 0 Å². The van der Waals surface area contributed by atoms with Crippen molar-refractivity contribution >= 4 is 23.9 Å². The van der Waals surface area contributed by atoms with E-state index in [1.165, 1.54) is 257 Å². The van der Waals surface area contributed by atoms with Crippen molar-refractivity contribution < 1.29 is 42.9 Å². The lowest BCUT2D eigenvalue weighted by Gasteiger charge is -2.24. The number of carbonyl (C=O) groups is 4. The van der Waals surface area contributed by atoms with E-state index >= 15 is 0 Å². The zero-order chi connectivity index (χ0) is 57.4. The van der Waals surface area contributed by atoms with Crippen LogP contribution in [0.4, 0.5) is 0 Å². The molecule has 0 unspecified atom stereocenters. The Hall–Kier alpha value is -2.16. The van der Waals surface area contributed by atoms with E-state index in [4.69, 9.17) is 23.7 Å². The van der Waals surface area contributed by atoms with E-state index in [0.29, 0.717) is 25.7 Å². The van der Waals surface area contributed by atoms with Crippen molar-refractivity contribution in [1.29, 1.82) is 0 Å². The van der Waals surface area contributed by atoms with Gasteiger partial charge in [0.25, 0.3) is 0 Å². The molecule has 0 radical (unpaired) electrons. The van der Waals surface area contributed by atoms with Crippen molar-refractivity contribution in [3.8, 4) is 0 Å². The first kappa shape index (κ1) is 76.8. The normalized spacial score (nSPS) is 11.5. The van der Waals surface area contributed by atoms with Crippen LogP contribution in [0.1, 0.15) is 387 Å². The van der Waals surface area contributed by atoms with Crippen LogP contribution in [0.3, 0.4) is 0 Å². The van der Waals surface area contributed by atoms with Gasteiger partial charge < -0.3 is 23.7 Å². The van der Waals surface area contributed by atoms with E-state index in [9.17, 15) is 19.2 Å². The van der Waals surface area contributed by atoms with Gasteiger partial charge in [0.15, 0.2) is 0 Å². The van der Waals surface area contributed by atoms with Gasteiger partial charge in [-0.05, 0) is 25.7 Å². The van der Waals surface area contributed by atoms with E-state index in [1.54, 1.807) is 0 Å². The van der Waals surface area contributed by atoms with E-state index < -0.39 is 12.2 Å². The van der Waals surface area contributed by atoms with Crippen LogP contribution in [-0.4, -0.2) is 62.5 Å². The summed E-state index contributed by atoms with van der Waals surface area (Å²) in [4.78, 5) is 52.2. The minimum Gasteiger partial charge on any atom is -0.463 e. The van der Waals surface area contributed by atoms with Crippen molar-refractivity contribution in [1.82, 2.24) is 0 Å². The highest BCUT2D eigenvalue weighted by Crippen LogP contribution is 2.19. The molecule has 0 aromatic heterocycles. The summed E-state index contributed by atoms with van der Waals surface area (Å²) in [6.45, 7) is 8.61. The first-order chi connectivity index (χ1) is 38.9. The molecule has 79 heavy (non-hydrogen) atoms. The lowest BCUT2D eigenvalue weighted by atomic mass is 10.0. The van der Waals surface area contributed by atoms with Crippen LogP contribution in [0.15, 0.2) is 0 Å². The summed E-state index contributed by atoms with van der Waals surface area (Å²) in [5.41, 5.74) is 0. The van der Waals surface area contributed by atoms with Gasteiger partial charge in [-0.1, -0.05) is 336 Å². The fourth-order valence-corrected chi connectivity index (χ4v) is 10.7. The van der Waals surface area contributed by atoms with E-state index in [0.717, 1.165) is 77.0 Å². The molecule has 0 fully saturated rings. The summed E-state index contributed by atoms with van der Waals surface area (Å²) in [5.74, 6) is -1.22. The molecule has 0 N–H and O–H groups in total. The molecule has 0 amide bonds. The number of ether oxygens (including phenoxy) is 5. The average Bonchev–Trinajstić information content (AvgIpc) is 3.45. The predicted molar refractivity (Wildman–Crippen MR) is 334 cm³/mol. The largest absolute Gasteiger partial charge is 0.463 e. The maximum atomic E-state index is 13.1. The molecule has 0 atom stereocenters. The van der Waals surface area contributed by atoms with Crippen molar-refractivity contribution in [2.75, 3.05) is 26.4 Å². The van der Waals surface area contributed by atoms with Crippen LogP contribution >= 0.6 is 0 Å². The van der Waals surface area contributed by atoms with Crippen LogP contribution in [0, 0.1) is 0 Å². The zero-order valence-corrected chi connectivity index (χ0v) is 53.3. The molecule has 0 aromatic carbocycles. The number of unbranched alkanes of at least 4 members (excludes halogenated alkanes) is 48. The molecule has 0 rings (SSSR count). The summed E-state index contributed by atoms with van der Waals surface area (Å²) in [7, 11) is 0. The van der Waals surface area contributed by atoms with Gasteiger partial charge in [0.05, 0.1) is 0 Å². The first-order valence-electron chi connectivity index (χ1n) is 35.1. The SMILES string of the molecule is CCCCCCCCCCCCCCCC(=O)OCC(COC(=O)CCCCCCCCCCCCCCC)OC(COC(=O)CCCCCCCCCCCCCCC)COC(=O)CCCCCCCCCCCCCCC. The number of hydrogen-bond donors (Lipinski definition) is 0. The highest BCUT2D eigenvalue weighted by atomic mass is 16.6. The molecule has 0 saturated carbocycles. The van der Waals surface area contributed by atoms with Crippen molar-refractivity contribution in [2.24, 2.45) is 0 Å². The fraction of sp³-hybridized carbons (Fsp3) is 0.943. The second-order valence-corrected chi connectivity index (χ2v) is 24.1. The minimum atomic E-state index is -0.810. The third kappa shape index (κ3) is 61.7. The molecular weight excluding hydrogens is 985 g/mol. The Labute approximate surface area is 490 Å². The van der Waals surface area contributed by atoms with E-state index in [2.05, 4.69) is 27.7 Å². The Morgan fingerprint density at radius 3 is 0.468 bits per heavy atom. The van der Waals surface area contributed by atoms with Crippen LogP contribution in [0.2, 0.25) is 0 Å². The quantitative estimate of drug-likeness (QED) is 0.0334. The third-order valence-electron chi connectivity index (χ3n) is 16.0. The smallest absolute Gasteiger partial charge is 0.305 e. The highest BCUT2D eigenvalue weighted by molar-refractivity contribution is 5.70. The molecule has 0 bridgehead atoms. The van der Waals surface area contributed by atoms with Gasteiger partial charge in [-0.15, -0.1) is 0 Å². The first-order valence-corrected chi connectivity index (χ1v) is 35.1. The second-order valence-electron chi connectivity index (χ2n) is 24.1. The van der Waals surface area contributed by atoms with Crippen LogP contribution < -0.4 is 0 Å². The summed E-state index contributed by atoms with van der Waals surface area (Å²) >= 11 is 0. The van der Waals surface area contributed by atoms with Crippen molar-refractivity contribution in [2.45, 2.75) is 399 Å². The number of carbonyl (C=O) groups excluding carboxylic acids is 4. The van der Waals surface area contributed by atoms with E-state index in [-0.39, 0.29) is 50.3 Å². The molecule has 0 saturated heterocycles. The molecular formula is C70H134O9. The molecule has 0 spiro atoms. The summed E-state index contributed by atoms with van der Waals surface area (Å²) in [6, 6.07) is 0. The Morgan fingerprint density at radius 2 is 0.329 bits per heavy atom. The van der Waals surface area contributed by atoms with Gasteiger partial charge in [0.1, 0.15) is 38.6 Å². The molecule has 0 aliphatic carbocycles. The standard InChI is InChI=1S/C70H134O9/c1-5-9-13-17-21-25-29-33-37-41-45-49-53-57-67(71)75-61-65(62-76-68(72)58-54-50-46-42-38-34-30-26-22-18-14-10-6-2)79-66(63-77-69(73)59-55-51-47-43-39-35-31-27-23-19-15-11-7-3)64-78-70(74)60-56-52-48-44-40-36-32-28-24-20-16-12-8-4/h65-66H,5-64H2,1-4H3. The molecule has 0 aromatic rings. The molecule has 0 aliphatic heterocycles. The van der Waals surface area contributed by atoms with Gasteiger partial charge >= 0.3 is 23.9 Å². The Bertz CT molecular complexity index is 1090.